The lowest BCUT2D eigenvalue weighted by Crippen LogP contribution is -2.53. The summed E-state index contributed by atoms with van der Waals surface area (Å²) in [6.45, 7) is 4.55. The maximum absolute atomic E-state index is 6.05. The molecular formula is C13H25N5. The normalized spacial score (nSPS) is 19.3. The van der Waals surface area contributed by atoms with Crippen LogP contribution < -0.4 is 5.73 Å². The first kappa shape index (κ1) is 13.5. The van der Waals surface area contributed by atoms with Gasteiger partial charge in [-0.25, -0.2) is 9.67 Å². The van der Waals surface area contributed by atoms with E-state index >= 15 is 0 Å². The van der Waals surface area contributed by atoms with E-state index in [1.54, 1.807) is 6.33 Å². The molecule has 102 valence electrons. The molecule has 2 N–H and O–H groups in total. The summed E-state index contributed by atoms with van der Waals surface area (Å²) in [6, 6.07) is 0. The van der Waals surface area contributed by atoms with Crippen LogP contribution in [0.2, 0.25) is 0 Å². The van der Waals surface area contributed by atoms with Crippen LogP contribution in [-0.4, -0.2) is 38.8 Å². The van der Waals surface area contributed by atoms with E-state index in [0.29, 0.717) is 0 Å². The number of aromatic nitrogens is 3. The summed E-state index contributed by atoms with van der Waals surface area (Å²) in [7, 11) is 2.17. The van der Waals surface area contributed by atoms with Crippen LogP contribution in [0.15, 0.2) is 6.33 Å². The number of aryl methyl sites for hydroxylation is 1. The summed E-state index contributed by atoms with van der Waals surface area (Å²) in [4.78, 5) is 6.75. The van der Waals surface area contributed by atoms with Crippen LogP contribution in [0.25, 0.3) is 0 Å². The highest BCUT2D eigenvalue weighted by Gasteiger charge is 2.35. The van der Waals surface area contributed by atoms with E-state index in [4.69, 9.17) is 5.73 Å². The molecule has 1 heterocycles. The van der Waals surface area contributed by atoms with Gasteiger partial charge in [0.2, 0.25) is 0 Å². The highest BCUT2D eigenvalue weighted by Crippen LogP contribution is 2.32. The summed E-state index contributed by atoms with van der Waals surface area (Å²) >= 11 is 0. The molecule has 1 aromatic heterocycles. The van der Waals surface area contributed by atoms with Crippen molar-refractivity contribution in [2.24, 2.45) is 5.73 Å². The maximum Gasteiger partial charge on any atom is 0.141 e. The summed E-state index contributed by atoms with van der Waals surface area (Å²) in [5, 5.41) is 4.23. The SMILES string of the molecule is CCn1ncnc1CN(C)C1(CN)CCCCC1. The van der Waals surface area contributed by atoms with Crippen LogP contribution in [0.5, 0.6) is 0 Å². The third-order valence-electron chi connectivity index (χ3n) is 4.35. The van der Waals surface area contributed by atoms with Crippen LogP contribution in [0.3, 0.4) is 0 Å². The van der Waals surface area contributed by atoms with Gasteiger partial charge in [0.25, 0.3) is 0 Å². The lowest BCUT2D eigenvalue weighted by Gasteiger charge is -2.43. The maximum atomic E-state index is 6.05. The molecule has 0 spiro atoms. The van der Waals surface area contributed by atoms with Gasteiger partial charge in [-0.2, -0.15) is 5.10 Å². The van der Waals surface area contributed by atoms with Crippen molar-refractivity contribution >= 4 is 0 Å². The summed E-state index contributed by atoms with van der Waals surface area (Å²) in [5.41, 5.74) is 6.22. The van der Waals surface area contributed by atoms with Crippen LogP contribution in [-0.2, 0) is 13.1 Å². The Morgan fingerprint density at radius 3 is 2.72 bits per heavy atom. The average Bonchev–Trinajstić information content (AvgIpc) is 2.86. The minimum Gasteiger partial charge on any atom is -0.329 e. The Morgan fingerprint density at radius 2 is 2.11 bits per heavy atom. The van der Waals surface area contributed by atoms with E-state index in [1.807, 2.05) is 4.68 Å². The first-order valence-electron chi connectivity index (χ1n) is 7.00. The Labute approximate surface area is 109 Å². The quantitative estimate of drug-likeness (QED) is 0.859. The molecule has 0 amide bonds. The largest absolute Gasteiger partial charge is 0.329 e. The van der Waals surface area contributed by atoms with Crippen molar-refractivity contribution in [1.82, 2.24) is 19.7 Å². The molecule has 5 heteroatoms. The molecule has 0 unspecified atom stereocenters. The molecule has 0 radical (unpaired) electrons. The van der Waals surface area contributed by atoms with Crippen molar-refractivity contribution < 1.29 is 0 Å². The first-order valence-corrected chi connectivity index (χ1v) is 7.00. The second-order valence-electron chi connectivity index (χ2n) is 5.34. The van der Waals surface area contributed by atoms with Crippen molar-refractivity contribution in [3.05, 3.63) is 12.2 Å². The molecule has 2 rings (SSSR count). The second-order valence-corrected chi connectivity index (χ2v) is 5.34. The summed E-state index contributed by atoms with van der Waals surface area (Å²) in [5.74, 6) is 1.04. The summed E-state index contributed by atoms with van der Waals surface area (Å²) in [6.07, 6.45) is 7.99. The second kappa shape index (κ2) is 5.80. The van der Waals surface area contributed by atoms with Crippen molar-refractivity contribution in [2.45, 2.75) is 57.7 Å². The van der Waals surface area contributed by atoms with Crippen LogP contribution in [0.1, 0.15) is 44.9 Å². The monoisotopic (exact) mass is 251 g/mol. The van der Waals surface area contributed by atoms with E-state index in [-0.39, 0.29) is 5.54 Å². The van der Waals surface area contributed by atoms with E-state index in [0.717, 1.165) is 25.5 Å². The summed E-state index contributed by atoms with van der Waals surface area (Å²) < 4.78 is 1.96. The molecule has 1 saturated carbocycles. The Morgan fingerprint density at radius 1 is 1.39 bits per heavy atom. The molecule has 0 atom stereocenters. The molecule has 18 heavy (non-hydrogen) atoms. The smallest absolute Gasteiger partial charge is 0.141 e. The number of hydrogen-bond donors (Lipinski definition) is 1. The zero-order chi connectivity index (χ0) is 13.0. The lowest BCUT2D eigenvalue weighted by molar-refractivity contribution is 0.0722. The van der Waals surface area contributed by atoms with Crippen molar-refractivity contribution in [3.63, 3.8) is 0 Å². The highest BCUT2D eigenvalue weighted by molar-refractivity contribution is 4.95. The zero-order valence-corrected chi connectivity index (χ0v) is 11.6. The van der Waals surface area contributed by atoms with Gasteiger partial charge in [0, 0.05) is 18.6 Å². The fourth-order valence-electron chi connectivity index (χ4n) is 3.01. The molecule has 1 fully saturated rings. The number of likely N-dealkylation sites (N-methyl/N-ethyl adjacent to an activating group) is 1. The average molecular weight is 251 g/mol. The third kappa shape index (κ3) is 2.57. The molecule has 1 aliphatic rings. The number of nitrogens with two attached hydrogens (primary N) is 1. The predicted octanol–water partition coefficient (Wildman–Crippen LogP) is 1.39. The molecule has 0 aliphatic heterocycles. The predicted molar refractivity (Wildman–Crippen MR) is 72.0 cm³/mol. The van der Waals surface area contributed by atoms with Crippen molar-refractivity contribution in [3.8, 4) is 0 Å². The van der Waals surface area contributed by atoms with Gasteiger partial charge >= 0.3 is 0 Å². The van der Waals surface area contributed by atoms with Gasteiger partial charge in [-0.3, -0.25) is 4.90 Å². The van der Waals surface area contributed by atoms with Gasteiger partial charge < -0.3 is 5.73 Å². The fraction of sp³-hybridized carbons (Fsp3) is 0.846. The Hall–Kier alpha value is -0.940. The Kier molecular flexibility index (Phi) is 4.35. The zero-order valence-electron chi connectivity index (χ0n) is 11.6. The molecular weight excluding hydrogens is 226 g/mol. The number of hydrogen-bond acceptors (Lipinski definition) is 4. The lowest BCUT2D eigenvalue weighted by atomic mass is 9.80. The highest BCUT2D eigenvalue weighted by atomic mass is 15.3. The van der Waals surface area contributed by atoms with Crippen LogP contribution >= 0.6 is 0 Å². The van der Waals surface area contributed by atoms with Gasteiger partial charge in [0.15, 0.2) is 0 Å². The third-order valence-corrected chi connectivity index (χ3v) is 4.35. The Bertz CT molecular complexity index is 367. The van der Waals surface area contributed by atoms with Crippen LogP contribution in [0, 0.1) is 0 Å². The standard InChI is InChI=1S/C13H25N5/c1-3-18-12(15-11-16-18)9-17(2)13(10-14)7-5-4-6-8-13/h11H,3-10,14H2,1-2H3. The topological polar surface area (TPSA) is 60.0 Å². The van der Waals surface area contributed by atoms with E-state index in [1.165, 1.54) is 32.1 Å². The van der Waals surface area contributed by atoms with Crippen LogP contribution in [0.4, 0.5) is 0 Å². The van der Waals surface area contributed by atoms with Crippen molar-refractivity contribution in [1.29, 1.82) is 0 Å². The van der Waals surface area contributed by atoms with Gasteiger partial charge in [-0.15, -0.1) is 0 Å². The fourth-order valence-corrected chi connectivity index (χ4v) is 3.01. The van der Waals surface area contributed by atoms with Gasteiger partial charge in [-0.1, -0.05) is 19.3 Å². The van der Waals surface area contributed by atoms with Gasteiger partial charge in [-0.05, 0) is 26.8 Å². The molecule has 1 aliphatic carbocycles. The van der Waals surface area contributed by atoms with Crippen molar-refractivity contribution in [2.75, 3.05) is 13.6 Å². The van der Waals surface area contributed by atoms with E-state index < -0.39 is 0 Å². The number of rotatable bonds is 5. The molecule has 0 aromatic carbocycles. The van der Waals surface area contributed by atoms with E-state index in [2.05, 4.69) is 29.0 Å². The minimum absolute atomic E-state index is 0.169. The number of nitrogens with zero attached hydrogens (tertiary/aromatic N) is 4. The first-order chi connectivity index (χ1) is 8.72. The van der Waals surface area contributed by atoms with Gasteiger partial charge in [0.05, 0.1) is 6.54 Å². The van der Waals surface area contributed by atoms with Gasteiger partial charge in [0.1, 0.15) is 12.2 Å². The Balaban J connectivity index is 2.07. The molecule has 0 saturated heterocycles. The van der Waals surface area contributed by atoms with E-state index in [9.17, 15) is 0 Å². The molecule has 5 nitrogen and oxygen atoms in total. The molecule has 0 bridgehead atoms. The molecule has 1 aromatic rings. The minimum atomic E-state index is 0.169.